The van der Waals surface area contributed by atoms with Gasteiger partial charge in [0.25, 0.3) is 0 Å². The zero-order valence-electron chi connectivity index (χ0n) is 10.7. The van der Waals surface area contributed by atoms with Crippen LogP contribution in [-0.2, 0) is 10.3 Å². The highest BCUT2D eigenvalue weighted by molar-refractivity contribution is 5.40. The van der Waals surface area contributed by atoms with Crippen molar-refractivity contribution in [3.63, 3.8) is 0 Å². The quantitative estimate of drug-likeness (QED) is 0.910. The molecule has 1 atom stereocenters. The van der Waals surface area contributed by atoms with Crippen molar-refractivity contribution in [2.75, 3.05) is 6.54 Å². The molecule has 96 valence electrons. The van der Waals surface area contributed by atoms with Gasteiger partial charge in [-0.05, 0) is 6.08 Å². The molecule has 0 spiro atoms. The minimum atomic E-state index is -0.489. The van der Waals surface area contributed by atoms with Gasteiger partial charge in [-0.25, -0.2) is 0 Å². The Morgan fingerprint density at radius 2 is 1.42 bits per heavy atom. The van der Waals surface area contributed by atoms with Crippen molar-refractivity contribution >= 4 is 0 Å². The van der Waals surface area contributed by atoms with Crippen LogP contribution in [0.5, 0.6) is 0 Å². The molecular formula is C17H17NO. The summed E-state index contributed by atoms with van der Waals surface area (Å²) in [5.41, 5.74) is 7.74. The summed E-state index contributed by atoms with van der Waals surface area (Å²) >= 11 is 0. The van der Waals surface area contributed by atoms with E-state index in [2.05, 4.69) is 30.3 Å². The Morgan fingerprint density at radius 1 is 0.895 bits per heavy atom. The molecule has 0 bridgehead atoms. The van der Waals surface area contributed by atoms with Crippen LogP contribution in [-0.4, -0.2) is 6.54 Å². The van der Waals surface area contributed by atoms with Crippen molar-refractivity contribution in [1.82, 2.24) is 0 Å². The van der Waals surface area contributed by atoms with E-state index in [0.717, 1.165) is 11.1 Å². The number of hydrogen-bond donors (Lipinski definition) is 1. The summed E-state index contributed by atoms with van der Waals surface area (Å²) in [4.78, 5) is 0. The van der Waals surface area contributed by atoms with Crippen LogP contribution in [0.4, 0.5) is 0 Å². The Labute approximate surface area is 113 Å². The van der Waals surface area contributed by atoms with E-state index in [1.165, 1.54) is 0 Å². The van der Waals surface area contributed by atoms with Crippen LogP contribution in [0.2, 0.25) is 0 Å². The fourth-order valence-corrected chi connectivity index (χ4v) is 2.81. The predicted molar refractivity (Wildman–Crippen MR) is 76.4 cm³/mol. The van der Waals surface area contributed by atoms with Crippen LogP contribution < -0.4 is 5.73 Å². The van der Waals surface area contributed by atoms with Crippen LogP contribution in [0, 0.1) is 5.92 Å². The van der Waals surface area contributed by atoms with E-state index in [4.69, 9.17) is 10.5 Å². The third kappa shape index (κ3) is 1.85. The van der Waals surface area contributed by atoms with Gasteiger partial charge in [0, 0.05) is 23.6 Å². The largest absolute Gasteiger partial charge is 0.485 e. The Balaban J connectivity index is 2.17. The molecule has 3 rings (SSSR count). The van der Waals surface area contributed by atoms with Crippen LogP contribution >= 0.6 is 0 Å². The molecule has 2 N–H and O–H groups in total. The highest BCUT2D eigenvalue weighted by Gasteiger charge is 2.44. The van der Waals surface area contributed by atoms with Crippen LogP contribution in [0.3, 0.4) is 0 Å². The van der Waals surface area contributed by atoms with Crippen molar-refractivity contribution in [2.24, 2.45) is 11.7 Å². The molecule has 1 aliphatic rings. The maximum atomic E-state index is 6.06. The number of nitrogens with two attached hydrogens (primary N) is 1. The van der Waals surface area contributed by atoms with E-state index in [0.29, 0.717) is 6.54 Å². The zero-order valence-corrected chi connectivity index (χ0v) is 10.7. The summed E-state index contributed by atoms with van der Waals surface area (Å²) in [6.45, 7) is 0.556. The number of hydrogen-bond acceptors (Lipinski definition) is 2. The summed E-state index contributed by atoms with van der Waals surface area (Å²) in [7, 11) is 0. The van der Waals surface area contributed by atoms with Gasteiger partial charge in [0.15, 0.2) is 5.60 Å². The normalized spacial score (nSPS) is 20.2. The molecule has 0 fully saturated rings. The molecule has 0 radical (unpaired) electrons. The van der Waals surface area contributed by atoms with Crippen molar-refractivity contribution in [3.05, 3.63) is 84.1 Å². The molecule has 0 saturated carbocycles. The average Bonchev–Trinajstić information content (AvgIpc) is 2.94. The molecule has 0 amide bonds. The maximum absolute atomic E-state index is 6.06. The molecule has 0 aromatic heterocycles. The number of rotatable bonds is 3. The second-order valence-electron chi connectivity index (χ2n) is 4.76. The van der Waals surface area contributed by atoms with E-state index in [-0.39, 0.29) is 5.92 Å². The SMILES string of the molecule is NCC1C=COC1(c1ccccc1)c1ccccc1. The molecular weight excluding hydrogens is 234 g/mol. The highest BCUT2D eigenvalue weighted by atomic mass is 16.5. The highest BCUT2D eigenvalue weighted by Crippen LogP contribution is 2.44. The summed E-state index contributed by atoms with van der Waals surface area (Å²) < 4.78 is 6.06. The first kappa shape index (κ1) is 12.0. The minimum absolute atomic E-state index is 0.150. The topological polar surface area (TPSA) is 35.2 Å². The summed E-state index contributed by atoms with van der Waals surface area (Å²) in [5, 5.41) is 0. The summed E-state index contributed by atoms with van der Waals surface area (Å²) in [6, 6.07) is 20.6. The van der Waals surface area contributed by atoms with Crippen molar-refractivity contribution in [3.8, 4) is 0 Å². The third-order valence-electron chi connectivity index (χ3n) is 3.75. The van der Waals surface area contributed by atoms with Gasteiger partial charge in [0.05, 0.1) is 6.26 Å². The molecule has 2 aromatic carbocycles. The Hall–Kier alpha value is -2.06. The lowest BCUT2D eigenvalue weighted by atomic mass is 9.77. The van der Waals surface area contributed by atoms with Crippen molar-refractivity contribution < 1.29 is 4.74 Å². The average molecular weight is 251 g/mol. The van der Waals surface area contributed by atoms with E-state index in [1.807, 2.05) is 36.4 Å². The Morgan fingerprint density at radius 3 is 1.89 bits per heavy atom. The van der Waals surface area contributed by atoms with E-state index in [9.17, 15) is 0 Å². The second-order valence-corrected chi connectivity index (χ2v) is 4.76. The van der Waals surface area contributed by atoms with Gasteiger partial charge < -0.3 is 10.5 Å². The molecule has 19 heavy (non-hydrogen) atoms. The first-order chi connectivity index (χ1) is 9.38. The lowest BCUT2D eigenvalue weighted by Gasteiger charge is -2.35. The maximum Gasteiger partial charge on any atom is 0.166 e. The van der Waals surface area contributed by atoms with E-state index in [1.54, 1.807) is 6.26 Å². The molecule has 0 aliphatic carbocycles. The fourth-order valence-electron chi connectivity index (χ4n) is 2.81. The molecule has 2 nitrogen and oxygen atoms in total. The standard InChI is InChI=1S/C17H17NO/c18-13-16-11-12-19-17(16,14-7-3-1-4-8-14)15-9-5-2-6-10-15/h1-12,16H,13,18H2. The van der Waals surface area contributed by atoms with Crippen LogP contribution in [0.25, 0.3) is 0 Å². The lowest BCUT2D eigenvalue weighted by Crippen LogP contribution is -2.38. The zero-order chi connectivity index (χ0) is 13.1. The van der Waals surface area contributed by atoms with Crippen molar-refractivity contribution in [2.45, 2.75) is 5.60 Å². The lowest BCUT2D eigenvalue weighted by molar-refractivity contribution is 0.0475. The fraction of sp³-hybridized carbons (Fsp3) is 0.176. The monoisotopic (exact) mass is 251 g/mol. The first-order valence-corrected chi connectivity index (χ1v) is 6.53. The number of benzene rings is 2. The van der Waals surface area contributed by atoms with E-state index >= 15 is 0 Å². The second kappa shape index (κ2) is 4.90. The van der Waals surface area contributed by atoms with Gasteiger partial charge in [-0.1, -0.05) is 60.7 Å². The van der Waals surface area contributed by atoms with Crippen molar-refractivity contribution in [1.29, 1.82) is 0 Å². The van der Waals surface area contributed by atoms with E-state index < -0.39 is 5.60 Å². The van der Waals surface area contributed by atoms with Gasteiger partial charge in [-0.15, -0.1) is 0 Å². The molecule has 2 aromatic rings. The first-order valence-electron chi connectivity index (χ1n) is 6.53. The number of ether oxygens (including phenoxy) is 1. The molecule has 1 aliphatic heterocycles. The Kier molecular flexibility index (Phi) is 3.10. The molecule has 1 unspecified atom stereocenters. The smallest absolute Gasteiger partial charge is 0.166 e. The molecule has 0 saturated heterocycles. The minimum Gasteiger partial charge on any atom is -0.485 e. The Bertz CT molecular complexity index is 523. The van der Waals surface area contributed by atoms with Crippen LogP contribution in [0.15, 0.2) is 73.0 Å². The predicted octanol–water partition coefficient (Wildman–Crippen LogP) is 3.05. The molecule has 2 heteroatoms. The molecule has 1 heterocycles. The van der Waals surface area contributed by atoms with Gasteiger partial charge in [0.1, 0.15) is 0 Å². The van der Waals surface area contributed by atoms with Gasteiger partial charge >= 0.3 is 0 Å². The van der Waals surface area contributed by atoms with Gasteiger partial charge in [-0.2, -0.15) is 0 Å². The van der Waals surface area contributed by atoms with Crippen LogP contribution in [0.1, 0.15) is 11.1 Å². The summed E-state index contributed by atoms with van der Waals surface area (Å²) in [5.74, 6) is 0.150. The summed E-state index contributed by atoms with van der Waals surface area (Å²) in [6.07, 6.45) is 3.83. The van der Waals surface area contributed by atoms with Gasteiger partial charge in [-0.3, -0.25) is 0 Å². The third-order valence-corrected chi connectivity index (χ3v) is 3.75. The van der Waals surface area contributed by atoms with Gasteiger partial charge in [0.2, 0.25) is 0 Å².